The molecule has 5 aromatic rings. The average Bonchev–Trinajstić information content (AvgIpc) is 3.58. The fraction of sp³-hybridized carbons (Fsp3) is 0.333. The van der Waals surface area contributed by atoms with E-state index in [9.17, 15) is 0 Å². The van der Waals surface area contributed by atoms with Crippen LogP contribution in [0.4, 0.5) is 5.82 Å². The van der Waals surface area contributed by atoms with Gasteiger partial charge in [-0.15, -0.1) is 0 Å². The first-order valence-corrected chi connectivity index (χ1v) is 12.6. The third-order valence-corrected chi connectivity index (χ3v) is 7.31. The number of ether oxygens (including phenoxy) is 1. The highest BCUT2D eigenvalue weighted by atomic mass is 16.5. The number of H-pyrrole nitrogens is 1. The number of hydrogen-bond acceptors (Lipinski definition) is 7. The second kappa shape index (κ2) is 9.00. The number of anilines is 1. The third kappa shape index (κ3) is 3.81. The average molecular weight is 481 g/mol. The summed E-state index contributed by atoms with van der Waals surface area (Å²) in [5, 5.41) is 3.51. The molecule has 0 bridgehead atoms. The Hall–Kier alpha value is -3.82. The Kier molecular flexibility index (Phi) is 5.36. The normalized spacial score (nSPS) is 18.8. The molecule has 2 aliphatic rings. The van der Waals surface area contributed by atoms with E-state index in [1.165, 1.54) is 12.8 Å². The van der Waals surface area contributed by atoms with Gasteiger partial charge in [-0.2, -0.15) is 0 Å². The largest absolute Gasteiger partial charge is 0.378 e. The van der Waals surface area contributed by atoms with Gasteiger partial charge in [-0.3, -0.25) is 0 Å². The molecule has 2 saturated heterocycles. The van der Waals surface area contributed by atoms with E-state index in [0.717, 1.165) is 89.8 Å². The van der Waals surface area contributed by atoms with Gasteiger partial charge in [-0.05, 0) is 49.2 Å². The maximum Gasteiger partial charge on any atom is 0.156 e. The number of fused-ring (bicyclic) bond motifs is 2. The number of imidazole rings is 1. The van der Waals surface area contributed by atoms with Crippen LogP contribution < -0.4 is 10.2 Å². The number of rotatable bonds is 4. The van der Waals surface area contributed by atoms with Crippen molar-refractivity contribution in [2.45, 2.75) is 18.9 Å². The maximum atomic E-state index is 5.45. The molecule has 1 atom stereocenters. The van der Waals surface area contributed by atoms with E-state index in [0.29, 0.717) is 6.04 Å². The summed E-state index contributed by atoms with van der Waals surface area (Å²) in [5.74, 6) is 0.969. The molecule has 182 valence electrons. The Labute approximate surface area is 208 Å². The van der Waals surface area contributed by atoms with Crippen molar-refractivity contribution < 1.29 is 4.74 Å². The van der Waals surface area contributed by atoms with Crippen LogP contribution in [0.1, 0.15) is 18.9 Å². The van der Waals surface area contributed by atoms with Gasteiger partial charge in [0.15, 0.2) is 5.65 Å². The van der Waals surface area contributed by atoms with Crippen molar-refractivity contribution in [1.82, 2.24) is 34.8 Å². The molecule has 9 nitrogen and oxygen atoms in total. The zero-order chi connectivity index (χ0) is 23.9. The second-order valence-corrected chi connectivity index (χ2v) is 9.51. The number of aromatic amines is 1. The van der Waals surface area contributed by atoms with Crippen molar-refractivity contribution in [2.24, 2.45) is 0 Å². The molecule has 2 N–H and O–H groups in total. The molecule has 0 saturated carbocycles. The lowest BCUT2D eigenvalue weighted by Gasteiger charge is -2.27. The van der Waals surface area contributed by atoms with E-state index in [1.807, 2.05) is 24.9 Å². The zero-order valence-corrected chi connectivity index (χ0v) is 20.0. The number of piperidine rings is 1. The molecule has 0 amide bonds. The number of morpholine rings is 1. The van der Waals surface area contributed by atoms with Gasteiger partial charge in [0.1, 0.15) is 11.3 Å². The smallest absolute Gasteiger partial charge is 0.156 e. The first-order valence-electron chi connectivity index (χ1n) is 12.6. The zero-order valence-electron chi connectivity index (χ0n) is 20.0. The Bertz CT molecular complexity index is 1510. The number of benzene rings is 1. The Balaban J connectivity index is 1.23. The van der Waals surface area contributed by atoms with Crippen molar-refractivity contribution in [3.05, 3.63) is 55.2 Å². The fourth-order valence-electron chi connectivity index (χ4n) is 5.32. The number of hydrogen-bond donors (Lipinski definition) is 2. The summed E-state index contributed by atoms with van der Waals surface area (Å²) in [4.78, 5) is 24.6. The summed E-state index contributed by atoms with van der Waals surface area (Å²) in [6.45, 7) is 5.29. The van der Waals surface area contributed by atoms with Crippen LogP contribution in [0, 0.1) is 0 Å². The van der Waals surface area contributed by atoms with Gasteiger partial charge in [-0.1, -0.05) is 6.07 Å². The van der Waals surface area contributed by atoms with E-state index in [-0.39, 0.29) is 0 Å². The maximum absolute atomic E-state index is 5.45. The van der Waals surface area contributed by atoms with E-state index in [2.05, 4.69) is 65.1 Å². The molecule has 2 fully saturated rings. The highest BCUT2D eigenvalue weighted by molar-refractivity contribution is 5.94. The molecule has 0 aliphatic carbocycles. The molecule has 1 aromatic carbocycles. The van der Waals surface area contributed by atoms with Crippen LogP contribution in [-0.2, 0) is 4.74 Å². The van der Waals surface area contributed by atoms with Crippen LogP contribution >= 0.6 is 0 Å². The summed E-state index contributed by atoms with van der Waals surface area (Å²) in [5.41, 5.74) is 7.70. The van der Waals surface area contributed by atoms with Crippen LogP contribution in [0.5, 0.6) is 0 Å². The van der Waals surface area contributed by atoms with Crippen LogP contribution in [0.2, 0.25) is 0 Å². The van der Waals surface area contributed by atoms with Crippen LogP contribution in [0.25, 0.3) is 44.6 Å². The first kappa shape index (κ1) is 21.5. The van der Waals surface area contributed by atoms with Crippen molar-refractivity contribution in [3.63, 3.8) is 0 Å². The molecule has 2 aliphatic heterocycles. The second-order valence-electron chi connectivity index (χ2n) is 9.51. The lowest BCUT2D eigenvalue weighted by Crippen LogP contribution is -2.36. The predicted octanol–water partition coefficient (Wildman–Crippen LogP) is 3.80. The quantitative estimate of drug-likeness (QED) is 0.404. The molecular formula is C27H28N8O. The number of nitrogens with one attached hydrogen (secondary N) is 2. The van der Waals surface area contributed by atoms with Gasteiger partial charge in [0.25, 0.3) is 0 Å². The van der Waals surface area contributed by atoms with Crippen molar-refractivity contribution >= 4 is 28.0 Å². The molecule has 4 aromatic heterocycles. The summed E-state index contributed by atoms with van der Waals surface area (Å²) in [7, 11) is 0. The first-order chi connectivity index (χ1) is 17.8. The lowest BCUT2D eigenvalue weighted by atomic mass is 10.1. The summed E-state index contributed by atoms with van der Waals surface area (Å²) >= 11 is 0. The molecular weight excluding hydrogens is 452 g/mol. The molecule has 9 heteroatoms. The molecule has 6 heterocycles. The van der Waals surface area contributed by atoms with E-state index in [1.54, 1.807) is 0 Å². The van der Waals surface area contributed by atoms with Gasteiger partial charge >= 0.3 is 0 Å². The highest BCUT2D eigenvalue weighted by Gasteiger charge is 2.19. The summed E-state index contributed by atoms with van der Waals surface area (Å²) in [6, 6.07) is 11.0. The minimum absolute atomic E-state index is 0.432. The van der Waals surface area contributed by atoms with Crippen LogP contribution in [-0.4, -0.2) is 68.9 Å². The van der Waals surface area contributed by atoms with E-state index >= 15 is 0 Å². The standard InChI is InChI=1S/C27H28N8O/c1-2-20(14-28-7-1)35-17-32-22-5-3-18(12-24(22)35)21-15-30-27-26(21)33-23(16-31-27)19-4-6-25(29-13-19)34-8-10-36-11-9-34/h3-6,12-13,15-17,20,28H,1-2,7-11,14H2,(H,30,31). The van der Waals surface area contributed by atoms with Crippen molar-refractivity contribution in [1.29, 1.82) is 0 Å². The van der Waals surface area contributed by atoms with Crippen LogP contribution in [0.3, 0.4) is 0 Å². The highest BCUT2D eigenvalue weighted by Crippen LogP contribution is 2.32. The van der Waals surface area contributed by atoms with Gasteiger partial charge in [0.05, 0.1) is 42.5 Å². The fourth-order valence-corrected chi connectivity index (χ4v) is 5.32. The summed E-state index contributed by atoms with van der Waals surface area (Å²) < 4.78 is 7.77. The molecule has 36 heavy (non-hydrogen) atoms. The van der Waals surface area contributed by atoms with Crippen LogP contribution in [0.15, 0.2) is 55.2 Å². The lowest BCUT2D eigenvalue weighted by molar-refractivity contribution is 0.122. The number of pyridine rings is 1. The summed E-state index contributed by atoms with van der Waals surface area (Å²) in [6.07, 6.45) is 10.0. The van der Waals surface area contributed by atoms with Gasteiger partial charge in [0, 0.05) is 49.2 Å². The van der Waals surface area contributed by atoms with Gasteiger partial charge in [0.2, 0.25) is 0 Å². The van der Waals surface area contributed by atoms with E-state index < -0.39 is 0 Å². The topological polar surface area (TPSA) is 96.8 Å². The third-order valence-electron chi connectivity index (χ3n) is 7.31. The van der Waals surface area contributed by atoms with Gasteiger partial charge < -0.3 is 24.5 Å². The number of nitrogens with zero attached hydrogens (tertiary/aromatic N) is 6. The Morgan fingerprint density at radius 2 is 1.89 bits per heavy atom. The van der Waals surface area contributed by atoms with Crippen molar-refractivity contribution in [3.8, 4) is 22.4 Å². The van der Waals surface area contributed by atoms with Gasteiger partial charge in [-0.25, -0.2) is 19.9 Å². The minimum atomic E-state index is 0.432. The molecule has 0 radical (unpaired) electrons. The molecule has 0 spiro atoms. The molecule has 1 unspecified atom stereocenters. The minimum Gasteiger partial charge on any atom is -0.378 e. The monoisotopic (exact) mass is 480 g/mol. The van der Waals surface area contributed by atoms with Crippen molar-refractivity contribution in [2.75, 3.05) is 44.3 Å². The number of aromatic nitrogens is 6. The Morgan fingerprint density at radius 3 is 2.72 bits per heavy atom. The predicted molar refractivity (Wildman–Crippen MR) is 140 cm³/mol. The SMILES string of the molecule is c1cc(N2CCOCC2)ncc1-c1cnc2[nH]cc(-c3ccc4ncn(C5CCCNC5)c4c3)c2n1. The van der Waals surface area contributed by atoms with E-state index in [4.69, 9.17) is 9.72 Å². The Morgan fingerprint density at radius 1 is 0.972 bits per heavy atom. The molecule has 7 rings (SSSR count).